The third-order valence-electron chi connectivity index (χ3n) is 9.98. The molecule has 0 spiro atoms. The Labute approximate surface area is 248 Å². The summed E-state index contributed by atoms with van der Waals surface area (Å²) in [5.41, 5.74) is 11.2. The Morgan fingerprint density at radius 2 is 1.15 bits per heavy atom. The maximum Gasteiger partial charge on any atom is 0.161 e. The number of hydrogen-bond acceptors (Lipinski definition) is 3. The van der Waals surface area contributed by atoms with Gasteiger partial charge in [0.05, 0.1) is 21.3 Å². The summed E-state index contributed by atoms with van der Waals surface area (Å²) in [6, 6.07) is 16.4. The average Bonchev–Trinajstić information content (AvgIpc) is 3.02. The standard InChI is InChI=1S/C38H50O3/c1-7-27-20-25(2)31(23-33(27)28-14-10-8-11-15-28)38(30-18-19-35(39-4)37(22-30)41-6)32-24-34(29-16-12-9-13-17-29)36(40-5)21-26(32)3/h18-24,28-29,38H,7-17H2,1-6H3. The van der Waals surface area contributed by atoms with Gasteiger partial charge in [-0.05, 0) is 120 Å². The third kappa shape index (κ3) is 6.15. The van der Waals surface area contributed by atoms with Gasteiger partial charge in [0.1, 0.15) is 5.75 Å². The molecule has 0 N–H and O–H groups in total. The quantitative estimate of drug-likeness (QED) is 0.246. The number of hydrogen-bond donors (Lipinski definition) is 0. The van der Waals surface area contributed by atoms with Crippen molar-refractivity contribution in [2.75, 3.05) is 21.3 Å². The lowest BCUT2D eigenvalue weighted by Gasteiger charge is -2.30. The zero-order valence-corrected chi connectivity index (χ0v) is 26.3. The van der Waals surface area contributed by atoms with Crippen molar-refractivity contribution in [1.82, 2.24) is 0 Å². The van der Waals surface area contributed by atoms with E-state index in [4.69, 9.17) is 14.2 Å². The first-order chi connectivity index (χ1) is 20.0. The van der Waals surface area contributed by atoms with Crippen LogP contribution >= 0.6 is 0 Å². The number of ether oxygens (including phenoxy) is 3. The molecule has 0 saturated heterocycles. The number of methoxy groups -OCH3 is 3. The summed E-state index contributed by atoms with van der Waals surface area (Å²) in [5, 5.41) is 0. The molecule has 0 radical (unpaired) electrons. The van der Waals surface area contributed by atoms with Gasteiger partial charge in [0, 0.05) is 5.92 Å². The van der Waals surface area contributed by atoms with Gasteiger partial charge in [-0.25, -0.2) is 0 Å². The third-order valence-corrected chi connectivity index (χ3v) is 9.98. The summed E-state index contributed by atoms with van der Waals surface area (Å²) in [6.45, 7) is 6.89. The van der Waals surface area contributed by atoms with Crippen molar-refractivity contribution in [3.05, 3.63) is 87.0 Å². The van der Waals surface area contributed by atoms with Crippen LogP contribution in [-0.2, 0) is 6.42 Å². The first kappa shape index (κ1) is 29.5. The summed E-state index contributed by atoms with van der Waals surface area (Å²) < 4.78 is 17.5. The molecule has 2 aliphatic rings. The van der Waals surface area contributed by atoms with Gasteiger partial charge in [-0.1, -0.05) is 69.7 Å². The molecule has 0 amide bonds. The van der Waals surface area contributed by atoms with E-state index >= 15 is 0 Å². The first-order valence-electron chi connectivity index (χ1n) is 16.0. The predicted molar refractivity (Wildman–Crippen MR) is 170 cm³/mol. The van der Waals surface area contributed by atoms with Crippen LogP contribution < -0.4 is 14.2 Å². The normalized spacial score (nSPS) is 17.3. The number of rotatable bonds is 9. The molecule has 3 nitrogen and oxygen atoms in total. The van der Waals surface area contributed by atoms with Crippen LogP contribution in [0.15, 0.2) is 42.5 Å². The highest BCUT2D eigenvalue weighted by molar-refractivity contribution is 5.57. The van der Waals surface area contributed by atoms with E-state index in [1.165, 1.54) is 103 Å². The monoisotopic (exact) mass is 554 g/mol. The topological polar surface area (TPSA) is 27.7 Å². The molecule has 0 bridgehead atoms. The predicted octanol–water partition coefficient (Wildman–Crippen LogP) is 10.2. The number of aryl methyl sites for hydroxylation is 3. The molecule has 1 atom stereocenters. The van der Waals surface area contributed by atoms with E-state index in [0.717, 1.165) is 23.7 Å². The highest BCUT2D eigenvalue weighted by Gasteiger charge is 2.28. The maximum atomic E-state index is 6.01. The van der Waals surface area contributed by atoms with E-state index in [0.29, 0.717) is 11.8 Å². The largest absolute Gasteiger partial charge is 0.496 e. The van der Waals surface area contributed by atoms with Crippen LogP contribution in [0.4, 0.5) is 0 Å². The van der Waals surface area contributed by atoms with Gasteiger partial charge in [-0.2, -0.15) is 0 Å². The zero-order chi connectivity index (χ0) is 28.9. The fourth-order valence-electron chi connectivity index (χ4n) is 7.71. The van der Waals surface area contributed by atoms with Crippen LogP contribution in [0.5, 0.6) is 17.2 Å². The summed E-state index contributed by atoms with van der Waals surface area (Å²) in [6.07, 6.45) is 14.2. The van der Waals surface area contributed by atoms with E-state index < -0.39 is 0 Å². The van der Waals surface area contributed by atoms with Crippen molar-refractivity contribution < 1.29 is 14.2 Å². The molecule has 3 aromatic carbocycles. The minimum Gasteiger partial charge on any atom is -0.496 e. The van der Waals surface area contributed by atoms with Crippen LogP contribution in [-0.4, -0.2) is 21.3 Å². The van der Waals surface area contributed by atoms with Gasteiger partial charge in [-0.3, -0.25) is 0 Å². The Hall–Kier alpha value is -2.94. The lowest BCUT2D eigenvalue weighted by atomic mass is 9.75. The lowest BCUT2D eigenvalue weighted by Crippen LogP contribution is -2.14. The fraction of sp³-hybridized carbons (Fsp3) is 0.526. The SMILES string of the molecule is CCc1cc(C)c(C(c2ccc(OC)c(OC)c2)c2cc(C3CCCCC3)c(OC)cc2C)cc1C1CCCCC1. The molecule has 0 heterocycles. The van der Waals surface area contributed by atoms with Crippen molar-refractivity contribution in [2.24, 2.45) is 0 Å². The summed E-state index contributed by atoms with van der Waals surface area (Å²) in [5.74, 6) is 3.92. The highest BCUT2D eigenvalue weighted by Crippen LogP contribution is 2.46. The second kappa shape index (κ2) is 13.4. The first-order valence-corrected chi connectivity index (χ1v) is 16.0. The van der Waals surface area contributed by atoms with Crippen LogP contribution in [0.25, 0.3) is 0 Å². The van der Waals surface area contributed by atoms with Crippen LogP contribution in [0.3, 0.4) is 0 Å². The van der Waals surface area contributed by atoms with Crippen LogP contribution in [0.2, 0.25) is 0 Å². The molecule has 2 fully saturated rings. The van der Waals surface area contributed by atoms with E-state index in [-0.39, 0.29) is 5.92 Å². The van der Waals surface area contributed by atoms with Crippen molar-refractivity contribution in [2.45, 2.75) is 109 Å². The molecule has 0 aromatic heterocycles. The molecule has 0 aliphatic heterocycles. The van der Waals surface area contributed by atoms with Crippen molar-refractivity contribution >= 4 is 0 Å². The van der Waals surface area contributed by atoms with E-state index in [2.05, 4.69) is 63.2 Å². The second-order valence-electron chi connectivity index (χ2n) is 12.4. The molecule has 2 aliphatic carbocycles. The smallest absolute Gasteiger partial charge is 0.161 e. The van der Waals surface area contributed by atoms with E-state index in [1.807, 2.05) is 7.11 Å². The van der Waals surface area contributed by atoms with Gasteiger partial charge in [0.25, 0.3) is 0 Å². The van der Waals surface area contributed by atoms with E-state index in [1.54, 1.807) is 19.8 Å². The number of benzene rings is 3. The van der Waals surface area contributed by atoms with Gasteiger partial charge in [0.2, 0.25) is 0 Å². The highest BCUT2D eigenvalue weighted by atomic mass is 16.5. The molecule has 3 aromatic rings. The van der Waals surface area contributed by atoms with Gasteiger partial charge in [0.15, 0.2) is 11.5 Å². The Kier molecular flexibility index (Phi) is 9.63. The van der Waals surface area contributed by atoms with Crippen LogP contribution in [0, 0.1) is 13.8 Å². The van der Waals surface area contributed by atoms with Crippen LogP contribution in [0.1, 0.15) is 133 Å². The Balaban J connectivity index is 1.74. The van der Waals surface area contributed by atoms with Crippen molar-refractivity contribution in [1.29, 1.82) is 0 Å². The molecule has 5 rings (SSSR count). The van der Waals surface area contributed by atoms with Gasteiger partial charge < -0.3 is 14.2 Å². The maximum absolute atomic E-state index is 6.01. The minimum absolute atomic E-state index is 0.0938. The average molecular weight is 555 g/mol. The fourth-order valence-corrected chi connectivity index (χ4v) is 7.71. The molecule has 2 saturated carbocycles. The second-order valence-corrected chi connectivity index (χ2v) is 12.4. The zero-order valence-electron chi connectivity index (χ0n) is 26.3. The van der Waals surface area contributed by atoms with Crippen molar-refractivity contribution in [3.8, 4) is 17.2 Å². The Morgan fingerprint density at radius 1 is 0.610 bits per heavy atom. The molecule has 1 unspecified atom stereocenters. The summed E-state index contributed by atoms with van der Waals surface area (Å²) in [7, 11) is 5.28. The molecule has 41 heavy (non-hydrogen) atoms. The molecular formula is C38H50O3. The minimum atomic E-state index is 0.0938. The Bertz CT molecular complexity index is 1250. The van der Waals surface area contributed by atoms with Crippen molar-refractivity contribution in [3.63, 3.8) is 0 Å². The lowest BCUT2D eigenvalue weighted by molar-refractivity contribution is 0.354. The van der Waals surface area contributed by atoms with Gasteiger partial charge in [-0.15, -0.1) is 0 Å². The van der Waals surface area contributed by atoms with Gasteiger partial charge >= 0.3 is 0 Å². The summed E-state index contributed by atoms with van der Waals surface area (Å²) >= 11 is 0. The Morgan fingerprint density at radius 3 is 1.71 bits per heavy atom. The molecule has 3 heteroatoms. The summed E-state index contributed by atoms with van der Waals surface area (Å²) in [4.78, 5) is 0. The molecule has 220 valence electrons. The molecular weight excluding hydrogens is 504 g/mol. The van der Waals surface area contributed by atoms with E-state index in [9.17, 15) is 0 Å².